The van der Waals surface area contributed by atoms with Crippen molar-refractivity contribution in [2.45, 2.75) is 19.0 Å². The van der Waals surface area contributed by atoms with Crippen molar-refractivity contribution in [2.24, 2.45) is 0 Å². The Labute approximate surface area is 158 Å². The van der Waals surface area contributed by atoms with Gasteiger partial charge in [0.15, 0.2) is 0 Å². The summed E-state index contributed by atoms with van der Waals surface area (Å²) < 4.78 is 13.0. The van der Waals surface area contributed by atoms with E-state index in [1.165, 1.54) is 12.1 Å². The highest BCUT2D eigenvalue weighted by Gasteiger charge is 2.17. The predicted octanol–water partition coefficient (Wildman–Crippen LogP) is 3.78. The van der Waals surface area contributed by atoms with Crippen molar-refractivity contribution in [2.75, 3.05) is 6.54 Å². The lowest BCUT2D eigenvalue weighted by atomic mass is 10.0. The lowest BCUT2D eigenvalue weighted by Crippen LogP contribution is -2.37. The summed E-state index contributed by atoms with van der Waals surface area (Å²) >= 11 is 0. The van der Waals surface area contributed by atoms with Gasteiger partial charge in [0.1, 0.15) is 5.82 Å². The Morgan fingerprint density at radius 3 is 2.33 bits per heavy atom. The maximum Gasteiger partial charge on any atom is 0.234 e. The zero-order valence-electron chi connectivity index (χ0n) is 15.1. The minimum Gasteiger partial charge on any atom is -0.348 e. The molecule has 1 amide bonds. The van der Waals surface area contributed by atoms with Crippen molar-refractivity contribution in [3.8, 4) is 0 Å². The highest BCUT2D eigenvalue weighted by atomic mass is 19.1. The molecule has 27 heavy (non-hydrogen) atoms. The van der Waals surface area contributed by atoms with E-state index in [-0.39, 0.29) is 30.4 Å². The number of carbonyl (C=O) groups excluding carboxylic acids is 1. The fraction of sp³-hybridized carbons (Fsp3) is 0.182. The van der Waals surface area contributed by atoms with Gasteiger partial charge in [-0.25, -0.2) is 4.39 Å². The summed E-state index contributed by atoms with van der Waals surface area (Å²) in [7, 11) is 0. The molecule has 2 N–H and O–H groups in total. The van der Waals surface area contributed by atoms with Crippen LogP contribution in [0.4, 0.5) is 4.39 Å². The minimum absolute atomic E-state index is 0.135. The van der Waals surface area contributed by atoms with E-state index >= 15 is 0 Å². The molecule has 2 atom stereocenters. The number of amides is 1. The second kappa shape index (κ2) is 9.05. The molecule has 0 saturated heterocycles. The topological polar surface area (TPSA) is 54.0 Å². The summed E-state index contributed by atoms with van der Waals surface area (Å²) in [6.07, 6.45) is 1.74. The predicted molar refractivity (Wildman–Crippen MR) is 103 cm³/mol. The third-order valence-electron chi connectivity index (χ3n) is 4.33. The first-order chi connectivity index (χ1) is 13.1. The zero-order chi connectivity index (χ0) is 19.1. The average Bonchev–Trinajstić information content (AvgIpc) is 2.70. The van der Waals surface area contributed by atoms with Crippen molar-refractivity contribution < 1.29 is 9.18 Å². The molecule has 0 aliphatic rings. The molecule has 2 unspecified atom stereocenters. The quantitative estimate of drug-likeness (QED) is 0.672. The Morgan fingerprint density at radius 1 is 0.963 bits per heavy atom. The van der Waals surface area contributed by atoms with Crippen LogP contribution in [0, 0.1) is 5.82 Å². The molecule has 0 aliphatic heterocycles. The molecule has 0 radical (unpaired) electrons. The van der Waals surface area contributed by atoms with E-state index < -0.39 is 0 Å². The first-order valence-corrected chi connectivity index (χ1v) is 8.87. The number of hydrogen-bond donors (Lipinski definition) is 2. The number of halogens is 1. The van der Waals surface area contributed by atoms with Crippen LogP contribution in [0.3, 0.4) is 0 Å². The smallest absolute Gasteiger partial charge is 0.234 e. The molecule has 5 heteroatoms. The van der Waals surface area contributed by atoms with Crippen molar-refractivity contribution >= 4 is 5.91 Å². The van der Waals surface area contributed by atoms with Gasteiger partial charge in [0.25, 0.3) is 0 Å². The Bertz CT molecular complexity index is 814. The van der Waals surface area contributed by atoms with Crippen LogP contribution in [-0.4, -0.2) is 17.4 Å². The molecular formula is C22H22FN3O. The third-order valence-corrected chi connectivity index (χ3v) is 4.33. The summed E-state index contributed by atoms with van der Waals surface area (Å²) in [6.45, 7) is 2.01. The number of benzene rings is 2. The normalized spacial score (nSPS) is 13.0. The summed E-state index contributed by atoms with van der Waals surface area (Å²) in [4.78, 5) is 16.8. The van der Waals surface area contributed by atoms with Gasteiger partial charge in [-0.2, -0.15) is 0 Å². The van der Waals surface area contributed by atoms with Gasteiger partial charge in [0.2, 0.25) is 5.91 Å². The summed E-state index contributed by atoms with van der Waals surface area (Å²) in [5.41, 5.74) is 2.74. The maximum absolute atomic E-state index is 13.0. The van der Waals surface area contributed by atoms with Crippen LogP contribution in [0.25, 0.3) is 0 Å². The Morgan fingerprint density at radius 2 is 1.67 bits per heavy atom. The van der Waals surface area contributed by atoms with Gasteiger partial charge in [0.05, 0.1) is 24.3 Å². The van der Waals surface area contributed by atoms with E-state index in [1.807, 2.05) is 55.5 Å². The Kier molecular flexibility index (Phi) is 6.28. The number of nitrogens with zero attached hydrogens (tertiary/aromatic N) is 1. The fourth-order valence-corrected chi connectivity index (χ4v) is 2.91. The molecule has 3 aromatic rings. The van der Waals surface area contributed by atoms with Crippen LogP contribution in [0.15, 0.2) is 79.0 Å². The van der Waals surface area contributed by atoms with Gasteiger partial charge in [-0.1, -0.05) is 48.5 Å². The van der Waals surface area contributed by atoms with Crippen molar-refractivity contribution in [1.82, 2.24) is 15.6 Å². The van der Waals surface area contributed by atoms with Gasteiger partial charge >= 0.3 is 0 Å². The van der Waals surface area contributed by atoms with Crippen LogP contribution < -0.4 is 10.6 Å². The number of aromatic nitrogens is 1. The lowest BCUT2D eigenvalue weighted by Gasteiger charge is -2.20. The number of rotatable bonds is 7. The largest absolute Gasteiger partial charge is 0.348 e. The standard InChI is InChI=1S/C22H22FN3O/c1-16(17-10-12-19(23)13-11-17)26-21(27)15-25-22(18-7-3-2-4-8-18)20-9-5-6-14-24-20/h2-14,16,22,25H,15H2,1H3,(H,26,27). The van der Waals surface area contributed by atoms with Crippen molar-refractivity contribution in [3.05, 3.63) is 102 Å². The number of pyridine rings is 1. The first-order valence-electron chi connectivity index (χ1n) is 8.87. The summed E-state index contributed by atoms with van der Waals surface area (Å²) in [5, 5.41) is 6.21. The van der Waals surface area contributed by atoms with Crippen molar-refractivity contribution in [1.29, 1.82) is 0 Å². The number of hydrogen-bond acceptors (Lipinski definition) is 3. The lowest BCUT2D eigenvalue weighted by molar-refractivity contribution is -0.121. The average molecular weight is 363 g/mol. The minimum atomic E-state index is -0.292. The molecule has 0 bridgehead atoms. The molecule has 3 rings (SSSR count). The number of carbonyl (C=O) groups is 1. The molecule has 1 aromatic heterocycles. The fourth-order valence-electron chi connectivity index (χ4n) is 2.91. The molecule has 4 nitrogen and oxygen atoms in total. The van der Waals surface area contributed by atoms with Gasteiger partial charge in [-0.15, -0.1) is 0 Å². The van der Waals surface area contributed by atoms with Gasteiger partial charge in [-0.3, -0.25) is 15.1 Å². The van der Waals surface area contributed by atoms with Crippen LogP contribution in [-0.2, 0) is 4.79 Å². The molecule has 2 aromatic carbocycles. The molecule has 138 valence electrons. The van der Waals surface area contributed by atoms with Gasteiger partial charge < -0.3 is 5.32 Å². The van der Waals surface area contributed by atoms with Crippen LogP contribution >= 0.6 is 0 Å². The second-order valence-electron chi connectivity index (χ2n) is 6.32. The van der Waals surface area contributed by atoms with E-state index in [9.17, 15) is 9.18 Å². The van der Waals surface area contributed by atoms with Crippen LogP contribution in [0.5, 0.6) is 0 Å². The molecular weight excluding hydrogens is 341 g/mol. The van der Waals surface area contributed by atoms with Crippen molar-refractivity contribution in [3.63, 3.8) is 0 Å². The van der Waals surface area contributed by atoms with E-state index in [4.69, 9.17) is 0 Å². The molecule has 0 spiro atoms. The van der Waals surface area contributed by atoms with Gasteiger partial charge in [0, 0.05) is 6.20 Å². The van der Waals surface area contributed by atoms with E-state index in [0.717, 1.165) is 16.8 Å². The summed E-state index contributed by atoms with van der Waals surface area (Å²) in [5.74, 6) is -0.427. The number of nitrogens with one attached hydrogen (secondary N) is 2. The highest BCUT2D eigenvalue weighted by molar-refractivity contribution is 5.78. The van der Waals surface area contributed by atoms with E-state index in [2.05, 4.69) is 15.6 Å². The SMILES string of the molecule is CC(NC(=O)CNC(c1ccccc1)c1ccccn1)c1ccc(F)cc1. The van der Waals surface area contributed by atoms with Crippen LogP contribution in [0.2, 0.25) is 0 Å². The van der Waals surface area contributed by atoms with E-state index in [0.29, 0.717) is 0 Å². The first kappa shape index (κ1) is 18.7. The molecule has 0 fully saturated rings. The van der Waals surface area contributed by atoms with E-state index in [1.54, 1.807) is 18.3 Å². The Hall–Kier alpha value is -3.05. The summed E-state index contributed by atoms with van der Waals surface area (Å²) in [6, 6.07) is 21.4. The second-order valence-corrected chi connectivity index (χ2v) is 6.32. The Balaban J connectivity index is 1.64. The third kappa shape index (κ3) is 5.21. The monoisotopic (exact) mass is 363 g/mol. The van der Waals surface area contributed by atoms with Gasteiger partial charge in [-0.05, 0) is 42.3 Å². The molecule has 0 saturated carbocycles. The maximum atomic E-state index is 13.0. The van der Waals surface area contributed by atoms with Crippen LogP contribution in [0.1, 0.15) is 35.8 Å². The zero-order valence-corrected chi connectivity index (χ0v) is 15.1. The molecule has 0 aliphatic carbocycles. The highest BCUT2D eigenvalue weighted by Crippen LogP contribution is 2.19. The molecule has 1 heterocycles.